The average Bonchev–Trinajstić information content (AvgIpc) is 2.50. The molecule has 0 fully saturated rings. The van der Waals surface area contributed by atoms with E-state index in [0.29, 0.717) is 11.2 Å². The summed E-state index contributed by atoms with van der Waals surface area (Å²) in [5.41, 5.74) is 3.26. The zero-order chi connectivity index (χ0) is 14.7. The van der Waals surface area contributed by atoms with Crippen molar-refractivity contribution < 1.29 is 4.39 Å². The quantitative estimate of drug-likeness (QED) is 0.791. The van der Waals surface area contributed by atoms with E-state index in [0.717, 1.165) is 18.5 Å². The van der Waals surface area contributed by atoms with Crippen molar-refractivity contribution in [2.45, 2.75) is 13.3 Å². The second kappa shape index (κ2) is 5.87. The molecule has 1 heterocycles. The Hall–Kier alpha value is -2.49. The number of aromatic nitrogens is 2. The second-order valence-electron chi connectivity index (χ2n) is 5.05. The lowest BCUT2D eigenvalue weighted by Gasteiger charge is -2.08. The molecule has 0 aliphatic rings. The molecule has 3 rings (SSSR count). The Balaban J connectivity index is 1.73. The maximum absolute atomic E-state index is 13.4. The molecule has 0 atom stereocenters. The third-order valence-electron chi connectivity index (χ3n) is 3.42. The van der Waals surface area contributed by atoms with Gasteiger partial charge in [0.2, 0.25) is 0 Å². The number of nitrogens with one attached hydrogen (secondary N) is 1. The summed E-state index contributed by atoms with van der Waals surface area (Å²) in [4.78, 5) is 8.35. The summed E-state index contributed by atoms with van der Waals surface area (Å²) >= 11 is 0. The molecule has 0 saturated heterocycles. The molecule has 2 aromatic carbocycles. The van der Waals surface area contributed by atoms with Crippen LogP contribution in [0, 0.1) is 12.7 Å². The van der Waals surface area contributed by atoms with Gasteiger partial charge in [0, 0.05) is 11.9 Å². The predicted octanol–water partition coefficient (Wildman–Crippen LogP) is 3.73. The molecule has 3 aromatic rings. The van der Waals surface area contributed by atoms with Crippen LogP contribution < -0.4 is 5.32 Å². The molecular weight excluding hydrogens is 265 g/mol. The van der Waals surface area contributed by atoms with E-state index in [1.165, 1.54) is 29.6 Å². The van der Waals surface area contributed by atoms with Crippen LogP contribution in [0.5, 0.6) is 0 Å². The molecule has 0 aliphatic heterocycles. The number of rotatable bonds is 4. The first-order valence-electron chi connectivity index (χ1n) is 6.92. The van der Waals surface area contributed by atoms with E-state index in [1.54, 1.807) is 6.07 Å². The number of benzene rings is 2. The summed E-state index contributed by atoms with van der Waals surface area (Å²) in [5, 5.41) is 3.97. The first kappa shape index (κ1) is 13.5. The van der Waals surface area contributed by atoms with Gasteiger partial charge in [-0.25, -0.2) is 14.4 Å². The van der Waals surface area contributed by atoms with Gasteiger partial charge in [-0.15, -0.1) is 0 Å². The fourth-order valence-corrected chi connectivity index (χ4v) is 2.25. The van der Waals surface area contributed by atoms with E-state index in [9.17, 15) is 4.39 Å². The van der Waals surface area contributed by atoms with Crippen LogP contribution in [0.25, 0.3) is 10.9 Å². The Morgan fingerprint density at radius 2 is 1.86 bits per heavy atom. The second-order valence-corrected chi connectivity index (χ2v) is 5.05. The number of aryl methyl sites for hydroxylation is 1. The highest BCUT2D eigenvalue weighted by atomic mass is 19.1. The van der Waals surface area contributed by atoms with Gasteiger partial charge in [-0.2, -0.15) is 0 Å². The van der Waals surface area contributed by atoms with E-state index >= 15 is 0 Å². The molecule has 0 amide bonds. The molecule has 0 aliphatic carbocycles. The molecule has 0 unspecified atom stereocenters. The summed E-state index contributed by atoms with van der Waals surface area (Å²) in [7, 11) is 0. The Kier molecular flexibility index (Phi) is 3.77. The first-order chi connectivity index (χ1) is 10.2. The van der Waals surface area contributed by atoms with Gasteiger partial charge in [0.1, 0.15) is 18.0 Å². The fraction of sp³-hybridized carbons (Fsp3) is 0.176. The minimum Gasteiger partial charge on any atom is -0.369 e. The van der Waals surface area contributed by atoms with Crippen LogP contribution in [0.2, 0.25) is 0 Å². The summed E-state index contributed by atoms with van der Waals surface area (Å²) < 4.78 is 13.4. The summed E-state index contributed by atoms with van der Waals surface area (Å²) in [6, 6.07) is 13.0. The Morgan fingerprint density at radius 3 is 2.67 bits per heavy atom. The molecular formula is C17H16FN3. The van der Waals surface area contributed by atoms with Crippen molar-refractivity contribution in [3.05, 3.63) is 65.7 Å². The lowest BCUT2D eigenvalue weighted by atomic mass is 10.1. The van der Waals surface area contributed by atoms with E-state index in [1.807, 2.05) is 0 Å². The molecule has 0 saturated carbocycles. The molecule has 4 heteroatoms. The fourth-order valence-electron chi connectivity index (χ4n) is 2.25. The Bertz CT molecular complexity index is 754. The molecule has 1 aromatic heterocycles. The normalized spacial score (nSPS) is 10.8. The third-order valence-corrected chi connectivity index (χ3v) is 3.42. The largest absolute Gasteiger partial charge is 0.369 e. The van der Waals surface area contributed by atoms with E-state index in [4.69, 9.17) is 0 Å². The summed E-state index contributed by atoms with van der Waals surface area (Å²) in [5.74, 6) is 0.394. The zero-order valence-electron chi connectivity index (χ0n) is 11.8. The molecule has 3 nitrogen and oxygen atoms in total. The molecule has 0 radical (unpaired) electrons. The maximum Gasteiger partial charge on any atom is 0.137 e. The number of hydrogen-bond acceptors (Lipinski definition) is 3. The molecule has 1 N–H and O–H groups in total. The zero-order valence-corrected chi connectivity index (χ0v) is 11.8. The van der Waals surface area contributed by atoms with Gasteiger partial charge in [0.25, 0.3) is 0 Å². The maximum atomic E-state index is 13.4. The highest BCUT2D eigenvalue weighted by Crippen LogP contribution is 2.20. The van der Waals surface area contributed by atoms with Crippen LogP contribution in [0.15, 0.2) is 48.8 Å². The van der Waals surface area contributed by atoms with Crippen LogP contribution in [0.1, 0.15) is 11.1 Å². The van der Waals surface area contributed by atoms with Crippen molar-refractivity contribution >= 4 is 16.7 Å². The molecule has 0 spiro atoms. The van der Waals surface area contributed by atoms with Gasteiger partial charge < -0.3 is 5.32 Å². The van der Waals surface area contributed by atoms with Gasteiger partial charge in [-0.05, 0) is 37.1 Å². The van der Waals surface area contributed by atoms with Gasteiger partial charge in [0.05, 0.1) is 5.52 Å². The predicted molar refractivity (Wildman–Crippen MR) is 82.9 cm³/mol. The SMILES string of the molecule is Cc1ccc(CCNc2ncnc3ccc(F)cc23)cc1. The number of hydrogen-bond donors (Lipinski definition) is 1. The summed E-state index contributed by atoms with van der Waals surface area (Å²) in [6.45, 7) is 2.81. The lowest BCUT2D eigenvalue weighted by molar-refractivity contribution is 0.629. The number of nitrogens with zero attached hydrogens (tertiary/aromatic N) is 2. The molecule has 21 heavy (non-hydrogen) atoms. The van der Waals surface area contributed by atoms with E-state index in [-0.39, 0.29) is 5.82 Å². The monoisotopic (exact) mass is 281 g/mol. The highest BCUT2D eigenvalue weighted by molar-refractivity contribution is 5.88. The van der Waals surface area contributed by atoms with Crippen molar-refractivity contribution in [3.8, 4) is 0 Å². The van der Waals surface area contributed by atoms with Crippen molar-refractivity contribution in [2.24, 2.45) is 0 Å². The minimum absolute atomic E-state index is 0.279. The number of anilines is 1. The van der Waals surface area contributed by atoms with Crippen LogP contribution in [0.4, 0.5) is 10.2 Å². The van der Waals surface area contributed by atoms with Gasteiger partial charge in [0.15, 0.2) is 0 Å². The smallest absolute Gasteiger partial charge is 0.137 e. The molecule has 106 valence electrons. The minimum atomic E-state index is -0.279. The highest BCUT2D eigenvalue weighted by Gasteiger charge is 2.04. The lowest BCUT2D eigenvalue weighted by Crippen LogP contribution is -2.07. The topological polar surface area (TPSA) is 37.8 Å². The van der Waals surface area contributed by atoms with Crippen molar-refractivity contribution in [2.75, 3.05) is 11.9 Å². The summed E-state index contributed by atoms with van der Waals surface area (Å²) in [6.07, 6.45) is 2.38. The van der Waals surface area contributed by atoms with E-state index in [2.05, 4.69) is 46.5 Å². The molecule has 0 bridgehead atoms. The number of fused-ring (bicyclic) bond motifs is 1. The Labute approximate surface area is 122 Å². The van der Waals surface area contributed by atoms with Gasteiger partial charge >= 0.3 is 0 Å². The van der Waals surface area contributed by atoms with Crippen LogP contribution >= 0.6 is 0 Å². The average molecular weight is 281 g/mol. The Morgan fingerprint density at radius 1 is 1.05 bits per heavy atom. The van der Waals surface area contributed by atoms with Crippen LogP contribution in [0.3, 0.4) is 0 Å². The van der Waals surface area contributed by atoms with Gasteiger partial charge in [-0.1, -0.05) is 29.8 Å². The van der Waals surface area contributed by atoms with Crippen molar-refractivity contribution in [1.29, 1.82) is 0 Å². The number of halogens is 1. The van der Waals surface area contributed by atoms with Crippen molar-refractivity contribution in [3.63, 3.8) is 0 Å². The first-order valence-corrected chi connectivity index (χ1v) is 6.92. The van der Waals surface area contributed by atoms with Crippen LogP contribution in [-0.2, 0) is 6.42 Å². The third kappa shape index (κ3) is 3.16. The van der Waals surface area contributed by atoms with Crippen LogP contribution in [-0.4, -0.2) is 16.5 Å². The van der Waals surface area contributed by atoms with E-state index < -0.39 is 0 Å². The van der Waals surface area contributed by atoms with Crippen molar-refractivity contribution in [1.82, 2.24) is 9.97 Å². The standard InChI is InChI=1S/C17H16FN3/c1-12-2-4-13(5-3-12)8-9-19-17-15-10-14(18)6-7-16(15)20-11-21-17/h2-7,10-11H,8-9H2,1H3,(H,19,20,21). The van der Waals surface area contributed by atoms with Gasteiger partial charge in [-0.3, -0.25) is 0 Å².